The average Bonchev–Trinajstić information content (AvgIpc) is 2.18. The van der Waals surface area contributed by atoms with E-state index >= 15 is 0 Å². The molecular formula is C12H24N2O. The van der Waals surface area contributed by atoms with E-state index in [9.17, 15) is 4.79 Å². The van der Waals surface area contributed by atoms with Crippen molar-refractivity contribution >= 4 is 5.91 Å². The molecule has 1 aliphatic rings. The lowest BCUT2D eigenvalue weighted by Crippen LogP contribution is -2.44. The van der Waals surface area contributed by atoms with Crippen molar-refractivity contribution < 1.29 is 4.79 Å². The molecule has 3 heteroatoms. The maximum Gasteiger partial charge on any atom is 0.224 e. The van der Waals surface area contributed by atoms with Crippen molar-refractivity contribution in [3.63, 3.8) is 0 Å². The first-order valence-corrected chi connectivity index (χ1v) is 6.12. The van der Waals surface area contributed by atoms with Gasteiger partial charge in [-0.2, -0.15) is 0 Å². The molecule has 0 bridgehead atoms. The van der Waals surface area contributed by atoms with Crippen LogP contribution in [0.25, 0.3) is 0 Å². The largest absolute Gasteiger partial charge is 0.353 e. The van der Waals surface area contributed by atoms with E-state index in [1.54, 1.807) is 0 Å². The van der Waals surface area contributed by atoms with Gasteiger partial charge in [0.25, 0.3) is 0 Å². The summed E-state index contributed by atoms with van der Waals surface area (Å²) in [5, 5.41) is 3.11. The number of piperidine rings is 1. The Morgan fingerprint density at radius 3 is 2.93 bits per heavy atom. The topological polar surface area (TPSA) is 32.3 Å². The predicted molar refractivity (Wildman–Crippen MR) is 62.7 cm³/mol. The third-order valence-corrected chi connectivity index (χ3v) is 3.11. The van der Waals surface area contributed by atoms with Crippen molar-refractivity contribution in [1.29, 1.82) is 0 Å². The van der Waals surface area contributed by atoms with E-state index in [0.717, 1.165) is 38.8 Å². The summed E-state index contributed by atoms with van der Waals surface area (Å²) in [6.45, 7) is 6.30. The van der Waals surface area contributed by atoms with Crippen LogP contribution >= 0.6 is 0 Å². The van der Waals surface area contributed by atoms with Crippen molar-refractivity contribution in [2.75, 3.05) is 20.1 Å². The van der Waals surface area contributed by atoms with Crippen molar-refractivity contribution in [3.05, 3.63) is 0 Å². The molecule has 1 rings (SSSR count). The van der Waals surface area contributed by atoms with E-state index < -0.39 is 0 Å². The van der Waals surface area contributed by atoms with Crippen LogP contribution < -0.4 is 5.32 Å². The number of carbonyl (C=O) groups is 1. The molecule has 0 saturated carbocycles. The van der Waals surface area contributed by atoms with Gasteiger partial charge in [0.2, 0.25) is 5.91 Å². The molecule has 2 atom stereocenters. The van der Waals surface area contributed by atoms with Gasteiger partial charge in [0.15, 0.2) is 0 Å². The minimum atomic E-state index is 0.211. The SMILES string of the molecule is CCC[C@@H](C)NC(=O)[C@H]1CCCN(C)C1. The van der Waals surface area contributed by atoms with E-state index in [-0.39, 0.29) is 11.8 Å². The molecule has 0 aromatic rings. The summed E-state index contributed by atoms with van der Waals surface area (Å²) in [5.74, 6) is 0.463. The molecule has 1 amide bonds. The zero-order valence-electron chi connectivity index (χ0n) is 10.3. The fourth-order valence-corrected chi connectivity index (χ4v) is 2.25. The number of carbonyl (C=O) groups excluding carboxylic acids is 1. The van der Waals surface area contributed by atoms with Gasteiger partial charge in [-0.25, -0.2) is 0 Å². The Bertz CT molecular complexity index is 206. The summed E-state index contributed by atoms with van der Waals surface area (Å²) in [7, 11) is 2.09. The first-order valence-electron chi connectivity index (χ1n) is 6.12. The lowest BCUT2D eigenvalue weighted by atomic mass is 9.97. The highest BCUT2D eigenvalue weighted by Gasteiger charge is 2.24. The molecule has 0 aliphatic carbocycles. The van der Waals surface area contributed by atoms with Gasteiger partial charge in [0.1, 0.15) is 0 Å². The van der Waals surface area contributed by atoms with Gasteiger partial charge in [0, 0.05) is 12.6 Å². The van der Waals surface area contributed by atoms with Crippen molar-refractivity contribution in [3.8, 4) is 0 Å². The Balaban J connectivity index is 2.32. The lowest BCUT2D eigenvalue weighted by Gasteiger charge is -2.29. The fraction of sp³-hybridized carbons (Fsp3) is 0.917. The van der Waals surface area contributed by atoms with Crippen LogP contribution in [0.1, 0.15) is 39.5 Å². The number of nitrogens with zero attached hydrogens (tertiary/aromatic N) is 1. The Morgan fingerprint density at radius 2 is 2.33 bits per heavy atom. The molecule has 15 heavy (non-hydrogen) atoms. The van der Waals surface area contributed by atoms with Crippen molar-refractivity contribution in [2.45, 2.75) is 45.6 Å². The predicted octanol–water partition coefficient (Wildman–Crippen LogP) is 1.63. The Kier molecular flexibility index (Phi) is 5.09. The van der Waals surface area contributed by atoms with Crippen LogP contribution in [0.5, 0.6) is 0 Å². The third-order valence-electron chi connectivity index (χ3n) is 3.11. The van der Waals surface area contributed by atoms with Gasteiger partial charge in [-0.05, 0) is 39.8 Å². The van der Waals surface area contributed by atoms with E-state index in [1.165, 1.54) is 0 Å². The van der Waals surface area contributed by atoms with Gasteiger partial charge in [-0.1, -0.05) is 13.3 Å². The number of hydrogen-bond acceptors (Lipinski definition) is 2. The van der Waals surface area contributed by atoms with E-state index in [0.29, 0.717) is 6.04 Å². The molecule has 0 unspecified atom stereocenters. The van der Waals surface area contributed by atoms with Crippen LogP contribution in [0.3, 0.4) is 0 Å². The van der Waals surface area contributed by atoms with E-state index in [1.807, 2.05) is 0 Å². The van der Waals surface area contributed by atoms with Gasteiger partial charge >= 0.3 is 0 Å². The van der Waals surface area contributed by atoms with Gasteiger partial charge < -0.3 is 10.2 Å². The first-order chi connectivity index (χ1) is 7.13. The van der Waals surface area contributed by atoms with Crippen LogP contribution in [-0.2, 0) is 4.79 Å². The molecule has 1 saturated heterocycles. The minimum Gasteiger partial charge on any atom is -0.353 e. The molecule has 0 spiro atoms. The van der Waals surface area contributed by atoms with Crippen molar-refractivity contribution in [1.82, 2.24) is 10.2 Å². The highest BCUT2D eigenvalue weighted by Crippen LogP contribution is 2.15. The molecule has 1 heterocycles. The molecule has 0 aromatic heterocycles. The van der Waals surface area contributed by atoms with Crippen LogP contribution in [-0.4, -0.2) is 37.0 Å². The van der Waals surface area contributed by atoms with E-state index in [4.69, 9.17) is 0 Å². The Morgan fingerprint density at radius 1 is 1.60 bits per heavy atom. The maximum atomic E-state index is 11.9. The zero-order chi connectivity index (χ0) is 11.3. The van der Waals surface area contributed by atoms with Crippen LogP contribution in [0, 0.1) is 5.92 Å². The summed E-state index contributed by atoms with van der Waals surface area (Å²) >= 11 is 0. The standard InChI is InChI=1S/C12H24N2O/c1-4-6-10(2)13-12(15)11-7-5-8-14(3)9-11/h10-11H,4-9H2,1-3H3,(H,13,15)/t10-,11+/m1/s1. The van der Waals surface area contributed by atoms with Crippen molar-refractivity contribution in [2.24, 2.45) is 5.92 Å². The van der Waals surface area contributed by atoms with Gasteiger partial charge in [-0.15, -0.1) is 0 Å². The second-order valence-electron chi connectivity index (χ2n) is 4.80. The minimum absolute atomic E-state index is 0.211. The number of likely N-dealkylation sites (tertiary alicyclic amines) is 1. The molecule has 1 N–H and O–H groups in total. The van der Waals surface area contributed by atoms with E-state index in [2.05, 4.69) is 31.1 Å². The molecule has 3 nitrogen and oxygen atoms in total. The number of hydrogen-bond donors (Lipinski definition) is 1. The third kappa shape index (κ3) is 4.20. The number of nitrogens with one attached hydrogen (secondary N) is 1. The monoisotopic (exact) mass is 212 g/mol. The average molecular weight is 212 g/mol. The fourth-order valence-electron chi connectivity index (χ4n) is 2.25. The summed E-state index contributed by atoms with van der Waals surface area (Å²) in [6, 6.07) is 0.328. The normalized spacial score (nSPS) is 24.9. The summed E-state index contributed by atoms with van der Waals surface area (Å²) in [6.07, 6.45) is 4.41. The highest BCUT2D eigenvalue weighted by molar-refractivity contribution is 5.79. The van der Waals surface area contributed by atoms with Crippen LogP contribution in [0.4, 0.5) is 0 Å². The molecule has 1 fully saturated rings. The maximum absolute atomic E-state index is 11.9. The molecule has 0 aromatic carbocycles. The molecule has 88 valence electrons. The molecular weight excluding hydrogens is 188 g/mol. The van der Waals surface area contributed by atoms with Crippen LogP contribution in [0.15, 0.2) is 0 Å². The number of rotatable bonds is 4. The smallest absolute Gasteiger partial charge is 0.224 e. The Labute approximate surface area is 93.2 Å². The Hall–Kier alpha value is -0.570. The second-order valence-corrected chi connectivity index (χ2v) is 4.80. The molecule has 1 aliphatic heterocycles. The summed E-state index contributed by atoms with van der Waals surface area (Å²) in [4.78, 5) is 14.1. The summed E-state index contributed by atoms with van der Waals surface area (Å²) in [5.41, 5.74) is 0. The quantitative estimate of drug-likeness (QED) is 0.768. The van der Waals surface area contributed by atoms with Crippen LogP contribution in [0.2, 0.25) is 0 Å². The lowest BCUT2D eigenvalue weighted by molar-refractivity contribution is -0.127. The zero-order valence-corrected chi connectivity index (χ0v) is 10.3. The first kappa shape index (κ1) is 12.5. The summed E-state index contributed by atoms with van der Waals surface area (Å²) < 4.78 is 0. The van der Waals surface area contributed by atoms with Gasteiger partial charge in [-0.3, -0.25) is 4.79 Å². The second kappa shape index (κ2) is 6.11. The highest BCUT2D eigenvalue weighted by atomic mass is 16.2. The number of amides is 1. The van der Waals surface area contributed by atoms with Gasteiger partial charge in [0.05, 0.1) is 5.92 Å². The molecule has 0 radical (unpaired) electrons.